The van der Waals surface area contributed by atoms with Gasteiger partial charge in [0.15, 0.2) is 0 Å². The van der Waals surface area contributed by atoms with Crippen LogP contribution in [-0.4, -0.2) is 63.8 Å². The molecule has 0 bridgehead atoms. The number of carbonyl (C=O) groups excluding carboxylic acids is 1. The van der Waals surface area contributed by atoms with Crippen molar-refractivity contribution in [3.63, 3.8) is 0 Å². The Balaban J connectivity index is 1.90. The summed E-state index contributed by atoms with van der Waals surface area (Å²) in [6.45, 7) is 6.16. The van der Waals surface area contributed by atoms with Crippen LogP contribution < -0.4 is 5.32 Å². The summed E-state index contributed by atoms with van der Waals surface area (Å²) in [5, 5.41) is 3.01. The lowest BCUT2D eigenvalue weighted by Crippen LogP contribution is -2.46. The van der Waals surface area contributed by atoms with Gasteiger partial charge in [-0.3, -0.25) is 4.79 Å². The Labute approximate surface area is 161 Å². The molecule has 0 saturated carbocycles. The molecule has 152 valence electrons. The molecule has 1 fully saturated rings. The van der Waals surface area contributed by atoms with Crippen molar-refractivity contribution in [2.75, 3.05) is 40.3 Å². The monoisotopic (exact) mass is 399 g/mol. The van der Waals surface area contributed by atoms with E-state index < -0.39 is 15.8 Å². The van der Waals surface area contributed by atoms with E-state index in [1.54, 1.807) is 0 Å². The van der Waals surface area contributed by atoms with Gasteiger partial charge in [0, 0.05) is 32.1 Å². The van der Waals surface area contributed by atoms with Gasteiger partial charge in [0.2, 0.25) is 15.9 Å². The second kappa shape index (κ2) is 8.67. The summed E-state index contributed by atoms with van der Waals surface area (Å²) in [6, 6.07) is 5.02. The Bertz CT molecular complexity index is 757. The quantitative estimate of drug-likeness (QED) is 0.761. The normalized spacial score (nSPS) is 17.3. The first kappa shape index (κ1) is 21.8. The Hall–Kier alpha value is -1.51. The van der Waals surface area contributed by atoms with Gasteiger partial charge in [0.25, 0.3) is 0 Å². The molecular formula is C19H30FN3O3S. The summed E-state index contributed by atoms with van der Waals surface area (Å²) >= 11 is 0. The van der Waals surface area contributed by atoms with Crippen LogP contribution in [0.3, 0.4) is 0 Å². The molecule has 0 unspecified atom stereocenters. The first-order valence-corrected chi connectivity index (χ1v) is 10.6. The summed E-state index contributed by atoms with van der Waals surface area (Å²) < 4.78 is 39.9. The number of hydrogen-bond acceptors (Lipinski definition) is 4. The van der Waals surface area contributed by atoms with Crippen LogP contribution in [0.2, 0.25) is 0 Å². The van der Waals surface area contributed by atoms with Gasteiger partial charge in [-0.05, 0) is 50.6 Å². The molecule has 6 nitrogen and oxygen atoms in total. The van der Waals surface area contributed by atoms with E-state index in [0.717, 1.165) is 12.6 Å². The summed E-state index contributed by atoms with van der Waals surface area (Å²) in [7, 11) is 0.270. The highest BCUT2D eigenvalue weighted by Gasteiger charge is 2.32. The first-order valence-electron chi connectivity index (χ1n) is 9.19. The number of halogens is 1. The molecule has 0 radical (unpaired) electrons. The van der Waals surface area contributed by atoms with Crippen LogP contribution in [0, 0.1) is 17.2 Å². The van der Waals surface area contributed by atoms with Gasteiger partial charge in [-0.15, -0.1) is 0 Å². The number of rotatable bonds is 7. The van der Waals surface area contributed by atoms with Crippen molar-refractivity contribution in [1.29, 1.82) is 0 Å². The van der Waals surface area contributed by atoms with E-state index in [2.05, 4.69) is 24.1 Å². The lowest BCUT2D eigenvalue weighted by Gasteiger charge is -2.32. The molecule has 1 aliphatic rings. The fraction of sp³-hybridized carbons (Fsp3) is 0.632. The lowest BCUT2D eigenvalue weighted by atomic mass is 9.91. The van der Waals surface area contributed by atoms with Crippen molar-refractivity contribution in [1.82, 2.24) is 14.5 Å². The number of benzene rings is 1. The summed E-state index contributed by atoms with van der Waals surface area (Å²) in [5.74, 6) is -0.797. The molecule has 0 atom stereocenters. The number of sulfonamides is 1. The molecule has 1 aromatic rings. The van der Waals surface area contributed by atoms with Gasteiger partial charge >= 0.3 is 0 Å². The fourth-order valence-corrected chi connectivity index (χ4v) is 5.02. The SMILES string of the molecule is CN(C)CC(C)(C)CNC(=O)C1CCN(S(=O)(=O)c2cccc(F)c2)CC1. The highest BCUT2D eigenvalue weighted by molar-refractivity contribution is 7.89. The zero-order chi connectivity index (χ0) is 20.2. The largest absolute Gasteiger partial charge is 0.355 e. The van der Waals surface area contributed by atoms with Crippen LogP contribution >= 0.6 is 0 Å². The predicted octanol–water partition coefficient (Wildman–Crippen LogP) is 1.93. The predicted molar refractivity (Wildman–Crippen MR) is 103 cm³/mol. The molecule has 0 aliphatic carbocycles. The van der Waals surface area contributed by atoms with Crippen LogP contribution in [0.5, 0.6) is 0 Å². The highest BCUT2D eigenvalue weighted by atomic mass is 32.2. The number of carbonyl (C=O) groups is 1. The van der Waals surface area contributed by atoms with Crippen molar-refractivity contribution in [2.24, 2.45) is 11.3 Å². The fourth-order valence-electron chi connectivity index (χ4n) is 3.52. The third kappa shape index (κ3) is 5.99. The maximum atomic E-state index is 13.4. The average molecular weight is 400 g/mol. The first-order chi connectivity index (χ1) is 12.5. The van der Waals surface area contributed by atoms with Crippen LogP contribution in [0.4, 0.5) is 4.39 Å². The van der Waals surface area contributed by atoms with Crippen molar-refractivity contribution < 1.29 is 17.6 Å². The maximum absolute atomic E-state index is 13.4. The molecule has 1 aromatic carbocycles. The van der Waals surface area contributed by atoms with E-state index in [4.69, 9.17) is 0 Å². The molecule has 27 heavy (non-hydrogen) atoms. The Kier molecular flexibility index (Phi) is 6.99. The molecule has 1 heterocycles. The topological polar surface area (TPSA) is 69.7 Å². The standard InChI is InChI=1S/C19H30FN3O3S/c1-19(2,14-22(3)4)13-21-18(24)15-8-10-23(11-9-15)27(25,26)17-7-5-6-16(20)12-17/h5-7,12,15H,8-11,13-14H2,1-4H3,(H,21,24). The van der Waals surface area contributed by atoms with E-state index in [-0.39, 0.29) is 35.2 Å². The molecule has 0 spiro atoms. The number of piperidine rings is 1. The van der Waals surface area contributed by atoms with Crippen LogP contribution in [0.25, 0.3) is 0 Å². The van der Waals surface area contributed by atoms with E-state index in [9.17, 15) is 17.6 Å². The smallest absolute Gasteiger partial charge is 0.243 e. The van der Waals surface area contributed by atoms with Gasteiger partial charge in [-0.1, -0.05) is 19.9 Å². The molecular weight excluding hydrogens is 369 g/mol. The zero-order valence-electron chi connectivity index (χ0n) is 16.5. The van der Waals surface area contributed by atoms with Gasteiger partial charge in [-0.2, -0.15) is 4.31 Å². The minimum absolute atomic E-state index is 0.0235. The molecule has 8 heteroatoms. The number of amides is 1. The minimum Gasteiger partial charge on any atom is -0.355 e. The van der Waals surface area contributed by atoms with Crippen molar-refractivity contribution >= 4 is 15.9 Å². The van der Waals surface area contributed by atoms with Gasteiger partial charge in [0.05, 0.1) is 4.90 Å². The molecule has 2 rings (SSSR count). The van der Waals surface area contributed by atoms with E-state index in [1.165, 1.54) is 22.5 Å². The third-order valence-electron chi connectivity index (χ3n) is 4.74. The number of nitrogens with one attached hydrogen (secondary N) is 1. The molecule has 0 aromatic heterocycles. The van der Waals surface area contributed by atoms with Crippen LogP contribution in [0.15, 0.2) is 29.2 Å². The summed E-state index contributed by atoms with van der Waals surface area (Å²) in [5.41, 5.74) is -0.0411. The van der Waals surface area contributed by atoms with Gasteiger partial charge in [-0.25, -0.2) is 12.8 Å². The second-order valence-electron chi connectivity index (χ2n) is 8.26. The molecule has 1 aliphatic heterocycles. The van der Waals surface area contributed by atoms with Gasteiger partial charge in [0.1, 0.15) is 5.82 Å². The molecule has 1 N–H and O–H groups in total. The molecule has 1 saturated heterocycles. The Morgan fingerprint density at radius 2 is 1.93 bits per heavy atom. The number of hydrogen-bond donors (Lipinski definition) is 1. The van der Waals surface area contributed by atoms with Crippen molar-refractivity contribution in [3.05, 3.63) is 30.1 Å². The van der Waals surface area contributed by atoms with E-state index >= 15 is 0 Å². The van der Waals surface area contributed by atoms with Crippen molar-refractivity contribution in [3.8, 4) is 0 Å². The third-order valence-corrected chi connectivity index (χ3v) is 6.64. The lowest BCUT2D eigenvalue weighted by molar-refractivity contribution is -0.126. The number of nitrogens with zero attached hydrogens (tertiary/aromatic N) is 2. The zero-order valence-corrected chi connectivity index (χ0v) is 17.4. The van der Waals surface area contributed by atoms with E-state index in [1.807, 2.05) is 14.1 Å². The summed E-state index contributed by atoms with van der Waals surface area (Å²) in [4.78, 5) is 14.5. The van der Waals surface area contributed by atoms with Crippen molar-refractivity contribution in [2.45, 2.75) is 31.6 Å². The Morgan fingerprint density at radius 1 is 1.30 bits per heavy atom. The second-order valence-corrected chi connectivity index (χ2v) is 10.2. The summed E-state index contributed by atoms with van der Waals surface area (Å²) in [6.07, 6.45) is 0.934. The maximum Gasteiger partial charge on any atom is 0.243 e. The molecule has 1 amide bonds. The van der Waals surface area contributed by atoms with Gasteiger partial charge < -0.3 is 10.2 Å². The van der Waals surface area contributed by atoms with E-state index in [0.29, 0.717) is 19.4 Å². The highest BCUT2D eigenvalue weighted by Crippen LogP contribution is 2.24. The van der Waals surface area contributed by atoms with Crippen LogP contribution in [-0.2, 0) is 14.8 Å². The average Bonchev–Trinajstić information content (AvgIpc) is 2.59. The Morgan fingerprint density at radius 3 is 2.48 bits per heavy atom. The van der Waals surface area contributed by atoms with Crippen LogP contribution in [0.1, 0.15) is 26.7 Å². The minimum atomic E-state index is -3.73.